The summed E-state index contributed by atoms with van der Waals surface area (Å²) in [7, 11) is 3.79. The Morgan fingerprint density at radius 3 is 2.76 bits per heavy atom. The number of hydrogen-bond acceptors (Lipinski definition) is 4. The smallest absolute Gasteiger partial charge is 0.317 e. The zero-order chi connectivity index (χ0) is 18.1. The molecule has 2 rings (SSSR count). The van der Waals surface area contributed by atoms with Gasteiger partial charge in [0.2, 0.25) is 0 Å². The highest BCUT2D eigenvalue weighted by Gasteiger charge is 2.19. The number of nitrogens with zero attached hydrogens (tertiary/aromatic N) is 2. The van der Waals surface area contributed by atoms with Gasteiger partial charge in [-0.15, -0.1) is 0 Å². The number of carbonyl (C=O) groups excluding carboxylic acids is 1. The summed E-state index contributed by atoms with van der Waals surface area (Å²) in [6.07, 6.45) is 4.72. The van der Waals surface area contributed by atoms with Gasteiger partial charge >= 0.3 is 6.03 Å². The van der Waals surface area contributed by atoms with Crippen molar-refractivity contribution in [2.24, 2.45) is 0 Å². The number of amides is 2. The molecule has 2 N–H and O–H groups in total. The summed E-state index contributed by atoms with van der Waals surface area (Å²) in [6.45, 7) is 2.56. The minimum atomic E-state index is -0.122. The average Bonchev–Trinajstić information content (AvgIpc) is 2.63. The van der Waals surface area contributed by atoms with Crippen molar-refractivity contribution in [2.75, 3.05) is 40.4 Å². The standard InChI is InChI=1S/C19H31N3O3/c1-21-12-4-3-5-17(21)10-11-20-19(24)22(13-14-23)15-16-6-8-18(25-2)9-7-16/h6-9,17,23H,3-5,10-15H2,1-2H3,(H,20,24). The molecule has 6 nitrogen and oxygen atoms in total. The first kappa shape index (κ1) is 19.5. The van der Waals surface area contributed by atoms with Crippen molar-refractivity contribution in [1.82, 2.24) is 15.1 Å². The average molecular weight is 349 g/mol. The third-order valence-electron chi connectivity index (χ3n) is 4.86. The summed E-state index contributed by atoms with van der Waals surface area (Å²) in [5, 5.41) is 12.3. The lowest BCUT2D eigenvalue weighted by Gasteiger charge is -2.32. The summed E-state index contributed by atoms with van der Waals surface area (Å²) in [5.41, 5.74) is 1.01. The molecular formula is C19H31N3O3. The van der Waals surface area contributed by atoms with Crippen LogP contribution < -0.4 is 10.1 Å². The number of carbonyl (C=O) groups is 1. The highest BCUT2D eigenvalue weighted by atomic mass is 16.5. The second kappa shape index (κ2) is 10.3. The molecular weight excluding hydrogens is 318 g/mol. The van der Waals surface area contributed by atoms with E-state index in [0.29, 0.717) is 25.7 Å². The first-order chi connectivity index (χ1) is 12.1. The van der Waals surface area contributed by atoms with Crippen molar-refractivity contribution >= 4 is 6.03 Å². The molecule has 2 amide bonds. The lowest BCUT2D eigenvalue weighted by Crippen LogP contribution is -2.43. The lowest BCUT2D eigenvalue weighted by molar-refractivity contribution is 0.163. The van der Waals surface area contributed by atoms with Gasteiger partial charge in [-0.25, -0.2) is 4.79 Å². The van der Waals surface area contributed by atoms with E-state index >= 15 is 0 Å². The van der Waals surface area contributed by atoms with Crippen molar-refractivity contribution in [3.05, 3.63) is 29.8 Å². The number of nitrogens with one attached hydrogen (secondary N) is 1. The first-order valence-electron chi connectivity index (χ1n) is 9.11. The molecule has 1 heterocycles. The maximum atomic E-state index is 12.4. The molecule has 0 bridgehead atoms. The third kappa shape index (κ3) is 6.21. The summed E-state index contributed by atoms with van der Waals surface area (Å²) in [5.74, 6) is 0.790. The largest absolute Gasteiger partial charge is 0.497 e. The second-order valence-corrected chi connectivity index (χ2v) is 6.64. The van der Waals surface area contributed by atoms with Crippen LogP contribution in [0.5, 0.6) is 5.75 Å². The number of rotatable bonds is 8. The van der Waals surface area contributed by atoms with Gasteiger partial charge in [0, 0.05) is 25.7 Å². The minimum Gasteiger partial charge on any atom is -0.497 e. The minimum absolute atomic E-state index is 0.0467. The van der Waals surface area contributed by atoms with Crippen molar-refractivity contribution in [1.29, 1.82) is 0 Å². The topological polar surface area (TPSA) is 65.0 Å². The van der Waals surface area contributed by atoms with Gasteiger partial charge in [0.1, 0.15) is 5.75 Å². The number of benzene rings is 1. The van der Waals surface area contributed by atoms with E-state index in [4.69, 9.17) is 4.74 Å². The fourth-order valence-electron chi connectivity index (χ4n) is 3.29. The molecule has 0 spiro atoms. The highest BCUT2D eigenvalue weighted by molar-refractivity contribution is 5.74. The van der Waals surface area contributed by atoms with Crippen LogP contribution in [0.1, 0.15) is 31.2 Å². The van der Waals surface area contributed by atoms with E-state index < -0.39 is 0 Å². The first-order valence-corrected chi connectivity index (χ1v) is 9.11. The SMILES string of the molecule is COc1ccc(CN(CCO)C(=O)NCCC2CCCCN2C)cc1. The van der Waals surface area contributed by atoms with E-state index in [-0.39, 0.29) is 12.6 Å². The number of likely N-dealkylation sites (tertiary alicyclic amines) is 1. The molecule has 0 radical (unpaired) electrons. The summed E-state index contributed by atoms with van der Waals surface area (Å²) in [4.78, 5) is 16.5. The molecule has 25 heavy (non-hydrogen) atoms. The predicted octanol–water partition coefficient (Wildman–Crippen LogP) is 2.07. The molecule has 1 aromatic rings. The van der Waals surface area contributed by atoms with Gasteiger partial charge in [0.25, 0.3) is 0 Å². The van der Waals surface area contributed by atoms with Crippen LogP contribution in [-0.4, -0.2) is 67.4 Å². The van der Waals surface area contributed by atoms with E-state index in [9.17, 15) is 9.90 Å². The molecule has 1 saturated heterocycles. The molecule has 0 aromatic heterocycles. The van der Waals surface area contributed by atoms with Crippen LogP contribution in [0.15, 0.2) is 24.3 Å². The second-order valence-electron chi connectivity index (χ2n) is 6.64. The van der Waals surface area contributed by atoms with Crippen molar-refractivity contribution in [3.63, 3.8) is 0 Å². The number of aliphatic hydroxyl groups is 1. The maximum Gasteiger partial charge on any atom is 0.317 e. The van der Waals surface area contributed by atoms with Gasteiger partial charge in [0.15, 0.2) is 0 Å². The highest BCUT2D eigenvalue weighted by Crippen LogP contribution is 2.17. The Kier molecular flexibility index (Phi) is 8.01. The van der Waals surface area contributed by atoms with Crippen molar-refractivity contribution < 1.29 is 14.6 Å². The molecule has 1 unspecified atom stereocenters. The molecule has 1 fully saturated rings. The van der Waals surface area contributed by atoms with E-state index in [0.717, 1.165) is 24.3 Å². The lowest BCUT2D eigenvalue weighted by atomic mass is 10.0. The summed E-state index contributed by atoms with van der Waals surface area (Å²) in [6, 6.07) is 8.07. The molecule has 140 valence electrons. The van der Waals surface area contributed by atoms with E-state index in [1.165, 1.54) is 19.3 Å². The summed E-state index contributed by atoms with van der Waals surface area (Å²) >= 11 is 0. The van der Waals surface area contributed by atoms with Gasteiger partial charge < -0.3 is 25.0 Å². The van der Waals surface area contributed by atoms with E-state index in [1.54, 1.807) is 12.0 Å². The van der Waals surface area contributed by atoms with Crippen molar-refractivity contribution in [3.8, 4) is 5.75 Å². The molecule has 0 saturated carbocycles. The number of ether oxygens (including phenoxy) is 1. The Morgan fingerprint density at radius 1 is 1.36 bits per heavy atom. The van der Waals surface area contributed by atoms with Crippen LogP contribution in [0, 0.1) is 0 Å². The Balaban J connectivity index is 1.82. The number of aliphatic hydroxyl groups excluding tert-OH is 1. The van der Waals surface area contributed by atoms with Gasteiger partial charge in [-0.1, -0.05) is 18.6 Å². The van der Waals surface area contributed by atoms with Gasteiger partial charge in [-0.05, 0) is 50.6 Å². The number of piperidine rings is 1. The van der Waals surface area contributed by atoms with Gasteiger partial charge in [0.05, 0.1) is 13.7 Å². The fraction of sp³-hybridized carbons (Fsp3) is 0.632. The third-order valence-corrected chi connectivity index (χ3v) is 4.86. The van der Waals surface area contributed by atoms with Crippen LogP contribution in [-0.2, 0) is 6.54 Å². The van der Waals surface area contributed by atoms with Gasteiger partial charge in [-0.3, -0.25) is 0 Å². The normalized spacial score (nSPS) is 18.0. The number of methoxy groups -OCH3 is 1. The number of hydrogen-bond donors (Lipinski definition) is 2. The Hall–Kier alpha value is -1.79. The molecule has 1 aliphatic rings. The monoisotopic (exact) mass is 349 g/mol. The Labute approximate surface area is 150 Å². The number of urea groups is 1. The van der Waals surface area contributed by atoms with Crippen LogP contribution >= 0.6 is 0 Å². The Bertz CT molecular complexity index is 521. The zero-order valence-corrected chi connectivity index (χ0v) is 15.4. The molecule has 1 atom stereocenters. The van der Waals surface area contributed by atoms with Gasteiger partial charge in [-0.2, -0.15) is 0 Å². The maximum absolute atomic E-state index is 12.4. The molecule has 0 aliphatic carbocycles. The molecule has 1 aliphatic heterocycles. The predicted molar refractivity (Wildman–Crippen MR) is 98.8 cm³/mol. The van der Waals surface area contributed by atoms with Crippen LogP contribution in [0.25, 0.3) is 0 Å². The van der Waals surface area contributed by atoms with Crippen LogP contribution in [0.3, 0.4) is 0 Å². The van der Waals surface area contributed by atoms with Crippen LogP contribution in [0.2, 0.25) is 0 Å². The fourth-order valence-corrected chi connectivity index (χ4v) is 3.29. The molecule has 6 heteroatoms. The van der Waals surface area contributed by atoms with Crippen molar-refractivity contribution in [2.45, 2.75) is 38.3 Å². The Morgan fingerprint density at radius 2 is 2.12 bits per heavy atom. The zero-order valence-electron chi connectivity index (χ0n) is 15.4. The van der Waals surface area contributed by atoms with E-state index in [2.05, 4.69) is 17.3 Å². The quantitative estimate of drug-likeness (QED) is 0.754. The van der Waals surface area contributed by atoms with Crippen LogP contribution in [0.4, 0.5) is 4.79 Å². The van der Waals surface area contributed by atoms with E-state index in [1.807, 2.05) is 24.3 Å². The summed E-state index contributed by atoms with van der Waals surface area (Å²) < 4.78 is 5.15. The molecule has 1 aromatic carbocycles.